The van der Waals surface area contributed by atoms with Crippen LogP contribution >= 0.6 is 11.6 Å². The number of nitrogens with zero attached hydrogens (tertiary/aromatic N) is 1. The minimum atomic E-state index is -0.300. The number of halogens is 1. The van der Waals surface area contributed by atoms with E-state index in [4.69, 9.17) is 16.0 Å². The van der Waals surface area contributed by atoms with Gasteiger partial charge in [-0.15, -0.1) is 0 Å². The molecule has 2 N–H and O–H groups in total. The van der Waals surface area contributed by atoms with Gasteiger partial charge < -0.3 is 15.1 Å². The van der Waals surface area contributed by atoms with E-state index in [0.717, 1.165) is 5.56 Å². The molecule has 0 aliphatic carbocycles. The number of oxazole rings is 1. The highest BCUT2D eigenvalue weighted by molar-refractivity contribution is 6.30. The number of carbonyl (C=O) groups is 2. The second kappa shape index (κ2) is 7.77. The summed E-state index contributed by atoms with van der Waals surface area (Å²) in [5, 5.41) is 6.08. The highest BCUT2D eigenvalue weighted by Crippen LogP contribution is 2.28. The first kappa shape index (κ1) is 18.7. The number of hydrogen-bond donors (Lipinski definition) is 2. The van der Waals surface area contributed by atoms with Crippen LogP contribution in [0.2, 0.25) is 5.02 Å². The third kappa shape index (κ3) is 4.28. The topological polar surface area (TPSA) is 84.2 Å². The fourth-order valence-corrected chi connectivity index (χ4v) is 3.08. The minimum absolute atomic E-state index is 0.200. The fourth-order valence-electron chi connectivity index (χ4n) is 2.89. The number of benzene rings is 3. The Hall–Kier alpha value is -3.64. The van der Waals surface area contributed by atoms with Crippen LogP contribution in [-0.4, -0.2) is 16.8 Å². The van der Waals surface area contributed by atoms with Crippen molar-refractivity contribution in [3.8, 4) is 11.5 Å². The molecule has 0 fully saturated rings. The summed E-state index contributed by atoms with van der Waals surface area (Å²) in [4.78, 5) is 28.2. The maximum absolute atomic E-state index is 12.6. The highest BCUT2D eigenvalue weighted by Gasteiger charge is 2.12. The van der Waals surface area contributed by atoms with Crippen molar-refractivity contribution in [2.75, 3.05) is 10.6 Å². The van der Waals surface area contributed by atoms with E-state index in [-0.39, 0.29) is 11.8 Å². The summed E-state index contributed by atoms with van der Waals surface area (Å²) in [5.41, 5.74) is 3.54. The van der Waals surface area contributed by atoms with Crippen LogP contribution < -0.4 is 10.6 Å². The lowest BCUT2D eigenvalue weighted by atomic mass is 10.1. The van der Waals surface area contributed by atoms with Crippen molar-refractivity contribution in [1.82, 2.24) is 4.98 Å². The van der Waals surface area contributed by atoms with Crippen LogP contribution in [0.25, 0.3) is 22.6 Å². The first-order chi connectivity index (χ1) is 14.0. The van der Waals surface area contributed by atoms with Gasteiger partial charge in [-0.1, -0.05) is 23.7 Å². The molecule has 2 amide bonds. The standard InChI is InChI=1S/C22H16ClN3O3/c1-13(27)24-17-7-3-4-14(11-17)21(28)25-18-8-9-19-20(12-18)29-22(26-19)15-5-2-6-16(23)10-15/h2-12H,1H3,(H,24,27)(H,25,28). The molecule has 0 saturated carbocycles. The lowest BCUT2D eigenvalue weighted by Gasteiger charge is -2.07. The molecule has 0 aliphatic rings. The molecule has 4 rings (SSSR count). The maximum Gasteiger partial charge on any atom is 0.255 e. The van der Waals surface area contributed by atoms with E-state index >= 15 is 0 Å². The van der Waals surface area contributed by atoms with E-state index < -0.39 is 0 Å². The van der Waals surface area contributed by atoms with E-state index in [2.05, 4.69) is 15.6 Å². The highest BCUT2D eigenvalue weighted by atomic mass is 35.5. The number of nitrogens with one attached hydrogen (secondary N) is 2. The van der Waals surface area contributed by atoms with Gasteiger partial charge in [0.1, 0.15) is 5.52 Å². The lowest BCUT2D eigenvalue weighted by Crippen LogP contribution is -2.13. The van der Waals surface area contributed by atoms with Crippen molar-refractivity contribution >= 4 is 45.9 Å². The molecule has 0 radical (unpaired) electrons. The zero-order chi connectivity index (χ0) is 20.4. The zero-order valence-electron chi connectivity index (χ0n) is 15.4. The average Bonchev–Trinajstić information content (AvgIpc) is 3.11. The largest absolute Gasteiger partial charge is 0.436 e. The molecule has 3 aromatic carbocycles. The quantitative estimate of drug-likeness (QED) is 0.478. The molecule has 0 saturated heterocycles. The first-order valence-corrected chi connectivity index (χ1v) is 9.21. The Morgan fingerprint density at radius 1 is 0.931 bits per heavy atom. The van der Waals surface area contributed by atoms with Crippen LogP contribution in [-0.2, 0) is 4.79 Å². The summed E-state index contributed by atoms with van der Waals surface area (Å²) in [6.45, 7) is 1.41. The first-order valence-electron chi connectivity index (χ1n) is 8.83. The summed E-state index contributed by atoms with van der Waals surface area (Å²) >= 11 is 6.03. The Labute approximate surface area is 171 Å². The second-order valence-corrected chi connectivity index (χ2v) is 6.86. The fraction of sp³-hybridized carbons (Fsp3) is 0.0455. The molecule has 1 aromatic heterocycles. The van der Waals surface area contributed by atoms with Crippen molar-refractivity contribution in [3.05, 3.63) is 77.3 Å². The Kier molecular flexibility index (Phi) is 5.01. The van der Waals surface area contributed by atoms with Crippen LogP contribution in [0.4, 0.5) is 11.4 Å². The normalized spacial score (nSPS) is 10.7. The number of hydrogen-bond acceptors (Lipinski definition) is 4. The molecule has 0 bridgehead atoms. The summed E-state index contributed by atoms with van der Waals surface area (Å²) in [6, 6.07) is 19.2. The third-order valence-electron chi connectivity index (χ3n) is 4.16. The number of amides is 2. The predicted molar refractivity (Wildman–Crippen MR) is 113 cm³/mol. The van der Waals surface area contributed by atoms with Gasteiger partial charge in [0.05, 0.1) is 0 Å². The van der Waals surface area contributed by atoms with E-state index in [1.807, 2.05) is 12.1 Å². The predicted octanol–water partition coefficient (Wildman–Crippen LogP) is 5.36. The van der Waals surface area contributed by atoms with Gasteiger partial charge in [0.25, 0.3) is 5.91 Å². The van der Waals surface area contributed by atoms with Crippen molar-refractivity contribution < 1.29 is 14.0 Å². The Balaban J connectivity index is 1.57. The van der Waals surface area contributed by atoms with E-state index in [1.165, 1.54) is 6.92 Å². The van der Waals surface area contributed by atoms with Crippen LogP contribution in [0.3, 0.4) is 0 Å². The van der Waals surface area contributed by atoms with Crippen molar-refractivity contribution in [2.24, 2.45) is 0 Å². The SMILES string of the molecule is CC(=O)Nc1cccc(C(=O)Nc2ccc3nc(-c4cccc(Cl)c4)oc3c2)c1. The maximum atomic E-state index is 12.6. The molecule has 1 heterocycles. The van der Waals surface area contributed by atoms with Gasteiger partial charge >= 0.3 is 0 Å². The molecule has 29 heavy (non-hydrogen) atoms. The van der Waals surface area contributed by atoms with E-state index in [0.29, 0.717) is 39.0 Å². The van der Waals surface area contributed by atoms with Gasteiger partial charge in [-0.2, -0.15) is 0 Å². The number of carbonyl (C=O) groups excluding carboxylic acids is 2. The van der Waals surface area contributed by atoms with Gasteiger partial charge in [0.2, 0.25) is 11.8 Å². The summed E-state index contributed by atoms with van der Waals surface area (Å²) in [6.07, 6.45) is 0. The van der Waals surface area contributed by atoms with Crippen LogP contribution in [0.15, 0.2) is 71.1 Å². The lowest BCUT2D eigenvalue weighted by molar-refractivity contribution is -0.114. The van der Waals surface area contributed by atoms with Crippen molar-refractivity contribution in [2.45, 2.75) is 6.92 Å². The molecule has 4 aromatic rings. The molecule has 0 unspecified atom stereocenters. The Morgan fingerprint density at radius 3 is 2.52 bits per heavy atom. The van der Waals surface area contributed by atoms with Gasteiger partial charge in [-0.25, -0.2) is 4.98 Å². The molecule has 0 spiro atoms. The molecule has 6 nitrogen and oxygen atoms in total. The van der Waals surface area contributed by atoms with Gasteiger partial charge in [0.15, 0.2) is 5.58 Å². The molecular formula is C22H16ClN3O3. The van der Waals surface area contributed by atoms with Crippen LogP contribution in [0.5, 0.6) is 0 Å². The summed E-state index contributed by atoms with van der Waals surface area (Å²) in [7, 11) is 0. The van der Waals surface area contributed by atoms with E-state index in [9.17, 15) is 9.59 Å². The molecular weight excluding hydrogens is 390 g/mol. The van der Waals surface area contributed by atoms with Gasteiger partial charge in [-0.05, 0) is 48.5 Å². The number of aromatic nitrogens is 1. The monoisotopic (exact) mass is 405 g/mol. The van der Waals surface area contributed by atoms with Crippen molar-refractivity contribution in [3.63, 3.8) is 0 Å². The molecule has 144 valence electrons. The number of anilines is 2. The zero-order valence-corrected chi connectivity index (χ0v) is 16.2. The number of fused-ring (bicyclic) bond motifs is 1. The third-order valence-corrected chi connectivity index (χ3v) is 4.40. The summed E-state index contributed by atoms with van der Waals surface area (Å²) < 4.78 is 5.83. The average molecular weight is 406 g/mol. The van der Waals surface area contributed by atoms with E-state index in [1.54, 1.807) is 54.6 Å². The van der Waals surface area contributed by atoms with Gasteiger partial charge in [-0.3, -0.25) is 9.59 Å². The Bertz CT molecular complexity index is 1230. The second-order valence-electron chi connectivity index (χ2n) is 6.43. The van der Waals surface area contributed by atoms with Crippen LogP contribution in [0.1, 0.15) is 17.3 Å². The summed E-state index contributed by atoms with van der Waals surface area (Å²) in [5.74, 6) is -0.0473. The Morgan fingerprint density at radius 2 is 1.72 bits per heavy atom. The van der Waals surface area contributed by atoms with Crippen molar-refractivity contribution in [1.29, 1.82) is 0 Å². The molecule has 7 heteroatoms. The van der Waals surface area contributed by atoms with Crippen LogP contribution in [0, 0.1) is 0 Å². The molecule has 0 aliphatic heterocycles. The minimum Gasteiger partial charge on any atom is -0.436 e. The smallest absolute Gasteiger partial charge is 0.255 e. The molecule has 0 atom stereocenters. The number of rotatable bonds is 4. The van der Waals surface area contributed by atoms with Gasteiger partial charge in [0, 0.05) is 40.5 Å².